The fourth-order valence-electron chi connectivity index (χ4n) is 4.09. The van der Waals surface area contributed by atoms with Crippen molar-refractivity contribution in [3.05, 3.63) is 47.2 Å². The summed E-state index contributed by atoms with van der Waals surface area (Å²) in [5.41, 5.74) is 0.876. The second-order valence-corrected chi connectivity index (χ2v) is 9.60. The van der Waals surface area contributed by atoms with Gasteiger partial charge in [-0.15, -0.1) is 11.8 Å². The van der Waals surface area contributed by atoms with Gasteiger partial charge in [-0.3, -0.25) is 24.5 Å². The zero-order chi connectivity index (χ0) is 24.7. The highest BCUT2D eigenvalue weighted by Gasteiger charge is 2.54. The zero-order valence-electron chi connectivity index (χ0n) is 19.2. The lowest BCUT2D eigenvalue weighted by Crippen LogP contribution is -2.70. The number of aliphatic carboxylic acids is 1. The first kappa shape index (κ1) is 25.8. The van der Waals surface area contributed by atoms with Crippen LogP contribution in [0.15, 0.2) is 41.6 Å². The van der Waals surface area contributed by atoms with E-state index in [1.54, 1.807) is 0 Å². The van der Waals surface area contributed by atoms with Crippen molar-refractivity contribution < 1.29 is 29.5 Å². The van der Waals surface area contributed by atoms with E-state index >= 15 is 0 Å². The minimum Gasteiger partial charge on any atom is -0.477 e. The number of hydroxylamine groups is 2. The number of hydrogen-bond acceptors (Lipinski definition) is 6. The Morgan fingerprint density at radius 1 is 1.15 bits per heavy atom. The molecule has 0 aromatic heterocycles. The molecule has 1 saturated heterocycles. The largest absolute Gasteiger partial charge is 0.477 e. The van der Waals surface area contributed by atoms with Crippen molar-refractivity contribution in [2.75, 3.05) is 12.3 Å². The van der Waals surface area contributed by atoms with E-state index in [2.05, 4.69) is 12.2 Å². The molecule has 0 spiro atoms. The SMILES string of the molecule is CCCCCCCC(=O)N(O)CC1=C(C(=O)O)N2C(=O)[C@@H](NC(=O)Cc3ccccc3)C2SC1. The molecule has 1 fully saturated rings. The summed E-state index contributed by atoms with van der Waals surface area (Å²) in [6.45, 7) is 1.83. The number of benzene rings is 1. The van der Waals surface area contributed by atoms with Crippen LogP contribution in [0.2, 0.25) is 0 Å². The summed E-state index contributed by atoms with van der Waals surface area (Å²) in [5, 5.41) is 22.7. The van der Waals surface area contributed by atoms with Crippen LogP contribution < -0.4 is 5.32 Å². The van der Waals surface area contributed by atoms with Gasteiger partial charge < -0.3 is 10.4 Å². The van der Waals surface area contributed by atoms with Gasteiger partial charge in [-0.1, -0.05) is 62.9 Å². The average Bonchev–Trinajstić information content (AvgIpc) is 2.82. The van der Waals surface area contributed by atoms with Gasteiger partial charge in [-0.25, -0.2) is 9.86 Å². The van der Waals surface area contributed by atoms with Crippen LogP contribution in [0.1, 0.15) is 51.0 Å². The topological polar surface area (TPSA) is 127 Å². The van der Waals surface area contributed by atoms with Gasteiger partial charge >= 0.3 is 5.97 Å². The van der Waals surface area contributed by atoms with Gasteiger partial charge in [0.05, 0.1) is 13.0 Å². The highest BCUT2D eigenvalue weighted by Crippen LogP contribution is 2.40. The first-order valence-corrected chi connectivity index (χ1v) is 12.6. The Balaban J connectivity index is 1.59. The third-order valence-corrected chi connectivity index (χ3v) is 7.24. The summed E-state index contributed by atoms with van der Waals surface area (Å²) in [6.07, 6.45) is 5.08. The summed E-state index contributed by atoms with van der Waals surface area (Å²) < 4.78 is 0. The number of carboxylic acid groups (broad SMARTS) is 1. The number of β-lactam (4-membered cyclic amide) rings is 1. The fraction of sp³-hybridized carbons (Fsp3) is 0.500. The molecule has 1 unspecified atom stereocenters. The van der Waals surface area contributed by atoms with Gasteiger partial charge in [0, 0.05) is 12.2 Å². The van der Waals surface area contributed by atoms with Crippen molar-refractivity contribution in [3.8, 4) is 0 Å². The third-order valence-electron chi connectivity index (χ3n) is 5.90. The van der Waals surface area contributed by atoms with Gasteiger partial charge in [0.1, 0.15) is 17.1 Å². The number of nitrogens with zero attached hydrogens (tertiary/aromatic N) is 2. The van der Waals surface area contributed by atoms with Crippen molar-refractivity contribution in [1.29, 1.82) is 0 Å². The molecule has 10 heteroatoms. The van der Waals surface area contributed by atoms with Crippen LogP contribution in [0, 0.1) is 0 Å². The lowest BCUT2D eigenvalue weighted by Gasteiger charge is -2.49. The van der Waals surface area contributed by atoms with E-state index in [-0.39, 0.29) is 42.3 Å². The molecule has 2 heterocycles. The third kappa shape index (κ3) is 6.18. The van der Waals surface area contributed by atoms with Gasteiger partial charge in [0.25, 0.3) is 5.91 Å². The quantitative estimate of drug-likeness (QED) is 0.178. The Labute approximate surface area is 203 Å². The summed E-state index contributed by atoms with van der Waals surface area (Å²) in [5.74, 6) is -2.38. The van der Waals surface area contributed by atoms with Gasteiger partial charge in [-0.05, 0) is 17.6 Å². The van der Waals surface area contributed by atoms with E-state index in [9.17, 15) is 29.5 Å². The van der Waals surface area contributed by atoms with Crippen LogP contribution in [-0.2, 0) is 25.6 Å². The molecule has 2 atom stereocenters. The van der Waals surface area contributed by atoms with Gasteiger partial charge in [0.2, 0.25) is 11.8 Å². The molecule has 0 saturated carbocycles. The number of rotatable bonds is 12. The smallest absolute Gasteiger partial charge is 0.352 e. The molecular formula is C24H31N3O6S. The molecule has 3 rings (SSSR count). The highest BCUT2D eigenvalue weighted by molar-refractivity contribution is 8.00. The number of amides is 3. The maximum absolute atomic E-state index is 12.7. The van der Waals surface area contributed by atoms with Crippen LogP contribution in [0.25, 0.3) is 0 Å². The number of hydrogen-bond donors (Lipinski definition) is 3. The zero-order valence-corrected chi connectivity index (χ0v) is 20.1. The minimum absolute atomic E-state index is 0.120. The maximum Gasteiger partial charge on any atom is 0.352 e. The monoisotopic (exact) mass is 489 g/mol. The number of nitrogens with one attached hydrogen (secondary N) is 1. The summed E-state index contributed by atoms with van der Waals surface area (Å²) in [4.78, 5) is 50.5. The molecule has 2 aliphatic rings. The standard InChI is InChI=1S/C24H31N3O6S/c1-2-3-4-5-9-12-19(29)26(33)14-17-15-34-23-20(22(30)27(23)21(17)24(31)32)25-18(28)13-16-10-7-6-8-11-16/h6-8,10-11,20,23,33H,2-5,9,12-15H2,1H3,(H,25,28)(H,31,32)/t20-,23?/m1/s1. The molecule has 1 aromatic rings. The Kier molecular flexibility index (Phi) is 9.12. The molecule has 0 aliphatic carbocycles. The molecule has 2 aliphatic heterocycles. The number of carboxylic acids is 1. The Morgan fingerprint density at radius 2 is 1.85 bits per heavy atom. The van der Waals surface area contributed by atoms with Gasteiger partial charge in [0.15, 0.2) is 0 Å². The van der Waals surface area contributed by atoms with E-state index in [0.29, 0.717) is 11.5 Å². The number of unbranched alkanes of at least 4 members (excludes halogenated alkanes) is 4. The summed E-state index contributed by atoms with van der Waals surface area (Å²) in [7, 11) is 0. The predicted octanol–water partition coefficient (Wildman–Crippen LogP) is 2.55. The van der Waals surface area contributed by atoms with Gasteiger partial charge in [-0.2, -0.15) is 0 Å². The molecule has 34 heavy (non-hydrogen) atoms. The van der Waals surface area contributed by atoms with Crippen molar-refractivity contribution in [2.24, 2.45) is 0 Å². The number of thioether (sulfide) groups is 1. The highest BCUT2D eigenvalue weighted by atomic mass is 32.2. The summed E-state index contributed by atoms with van der Waals surface area (Å²) in [6, 6.07) is 8.31. The number of fused-ring (bicyclic) bond motifs is 1. The lowest BCUT2D eigenvalue weighted by atomic mass is 10.0. The Bertz CT molecular complexity index is 951. The van der Waals surface area contributed by atoms with Crippen LogP contribution in [0.4, 0.5) is 0 Å². The normalized spacial score (nSPS) is 19.4. The van der Waals surface area contributed by atoms with Crippen molar-refractivity contribution >= 4 is 35.5 Å². The van der Waals surface area contributed by atoms with Crippen LogP contribution in [0.5, 0.6) is 0 Å². The molecule has 3 N–H and O–H groups in total. The van der Waals surface area contributed by atoms with Crippen LogP contribution in [-0.4, -0.2) is 67.7 Å². The van der Waals surface area contributed by atoms with Crippen LogP contribution in [0.3, 0.4) is 0 Å². The average molecular weight is 490 g/mol. The van der Waals surface area contributed by atoms with E-state index in [1.807, 2.05) is 30.3 Å². The van der Waals surface area contributed by atoms with Crippen LogP contribution >= 0.6 is 11.8 Å². The number of carbonyl (C=O) groups excluding carboxylic acids is 3. The Morgan fingerprint density at radius 3 is 2.53 bits per heavy atom. The van der Waals surface area contributed by atoms with Crippen molar-refractivity contribution in [2.45, 2.75) is 63.3 Å². The molecule has 3 amide bonds. The van der Waals surface area contributed by atoms with E-state index in [1.165, 1.54) is 11.8 Å². The predicted molar refractivity (Wildman–Crippen MR) is 127 cm³/mol. The summed E-state index contributed by atoms with van der Waals surface area (Å²) >= 11 is 1.30. The minimum atomic E-state index is -1.30. The molecule has 9 nitrogen and oxygen atoms in total. The molecular weight excluding hydrogens is 458 g/mol. The van der Waals surface area contributed by atoms with Crippen molar-refractivity contribution in [3.63, 3.8) is 0 Å². The van der Waals surface area contributed by atoms with E-state index in [0.717, 1.165) is 36.1 Å². The van der Waals surface area contributed by atoms with E-state index < -0.39 is 29.2 Å². The second kappa shape index (κ2) is 12.0. The van der Waals surface area contributed by atoms with E-state index in [4.69, 9.17) is 0 Å². The molecule has 0 radical (unpaired) electrons. The molecule has 0 bridgehead atoms. The first-order valence-electron chi connectivity index (χ1n) is 11.6. The van der Waals surface area contributed by atoms with Crippen molar-refractivity contribution in [1.82, 2.24) is 15.3 Å². The lowest BCUT2D eigenvalue weighted by molar-refractivity contribution is -0.164. The Hall–Kier alpha value is -2.85. The molecule has 184 valence electrons. The fourth-order valence-corrected chi connectivity index (χ4v) is 5.42. The maximum atomic E-state index is 12.7. The number of carbonyl (C=O) groups is 4. The molecule has 1 aromatic carbocycles. The first-order chi connectivity index (χ1) is 16.3. The second-order valence-electron chi connectivity index (χ2n) is 8.49.